The van der Waals surface area contributed by atoms with E-state index in [0.29, 0.717) is 10.9 Å². The minimum atomic E-state index is -4.36. The van der Waals surface area contributed by atoms with Crippen LogP contribution in [0.2, 0.25) is 5.02 Å². The third-order valence-electron chi connectivity index (χ3n) is 7.17. The minimum absolute atomic E-state index is 0.106. The summed E-state index contributed by atoms with van der Waals surface area (Å²) < 4.78 is 49.8. The second kappa shape index (κ2) is 10.1. The number of aryl methyl sites for hydroxylation is 2. The lowest BCUT2D eigenvalue weighted by molar-refractivity contribution is -0.188. The fraction of sp³-hybridized carbons (Fsp3) is 0.414. The molecule has 2 aliphatic carbocycles. The van der Waals surface area contributed by atoms with Crippen LogP contribution in [0.25, 0.3) is 16.8 Å². The molecule has 0 N–H and O–H groups in total. The number of allylic oxidation sites excluding steroid dienone is 1. The highest BCUT2D eigenvalue weighted by Gasteiger charge is 2.38. The Hall–Kier alpha value is -2.57. The van der Waals surface area contributed by atoms with E-state index in [-0.39, 0.29) is 11.8 Å². The highest BCUT2D eigenvalue weighted by molar-refractivity contribution is 6.35. The molecule has 0 saturated heterocycles. The molecule has 1 fully saturated rings. The summed E-state index contributed by atoms with van der Waals surface area (Å²) in [5, 5.41) is 2.41. The van der Waals surface area contributed by atoms with Crippen molar-refractivity contribution in [1.29, 1.82) is 0 Å². The second-order valence-electron chi connectivity index (χ2n) is 9.81. The Kier molecular flexibility index (Phi) is 7.01. The van der Waals surface area contributed by atoms with Gasteiger partial charge >= 0.3 is 6.18 Å². The molecule has 1 saturated carbocycles. The van der Waals surface area contributed by atoms with Crippen LogP contribution in [0.15, 0.2) is 42.5 Å². The number of ether oxygens (including phenoxy) is 2. The zero-order valence-corrected chi connectivity index (χ0v) is 21.1. The quantitative estimate of drug-likeness (QED) is 0.330. The van der Waals surface area contributed by atoms with Crippen LogP contribution in [0.4, 0.5) is 13.2 Å². The Morgan fingerprint density at radius 3 is 2.61 bits per heavy atom. The van der Waals surface area contributed by atoms with Gasteiger partial charge in [0.05, 0.1) is 13.2 Å². The maximum atomic E-state index is 13.0. The minimum Gasteiger partial charge on any atom is -0.481 e. The fourth-order valence-electron chi connectivity index (χ4n) is 5.34. The van der Waals surface area contributed by atoms with E-state index >= 15 is 0 Å². The van der Waals surface area contributed by atoms with Crippen molar-refractivity contribution in [3.05, 3.63) is 75.4 Å². The fourth-order valence-corrected chi connectivity index (χ4v) is 5.55. The van der Waals surface area contributed by atoms with Gasteiger partial charge in [-0.25, -0.2) is 4.98 Å². The molecule has 1 heterocycles. The number of fused-ring (bicyclic) bond motifs is 4. The number of aromatic nitrogens is 1. The lowest BCUT2D eigenvalue weighted by Gasteiger charge is -2.23. The number of pyridine rings is 1. The Morgan fingerprint density at radius 1 is 1.11 bits per heavy atom. The summed E-state index contributed by atoms with van der Waals surface area (Å²) in [5.74, 6) is 0.904. The highest BCUT2D eigenvalue weighted by Crippen LogP contribution is 2.47. The molecule has 2 bridgehead atoms. The Morgan fingerprint density at radius 2 is 1.92 bits per heavy atom. The van der Waals surface area contributed by atoms with Crippen LogP contribution in [0.1, 0.15) is 65.7 Å². The summed E-state index contributed by atoms with van der Waals surface area (Å²) in [7, 11) is 1.61. The van der Waals surface area contributed by atoms with Crippen molar-refractivity contribution >= 4 is 28.4 Å². The van der Waals surface area contributed by atoms with Gasteiger partial charge in [0.15, 0.2) is 0 Å². The molecule has 7 heteroatoms. The zero-order valence-electron chi connectivity index (χ0n) is 20.4. The molecular weight excluding hydrogens is 487 g/mol. The van der Waals surface area contributed by atoms with E-state index in [0.717, 1.165) is 65.3 Å². The largest absolute Gasteiger partial charge is 0.481 e. The first-order valence-corrected chi connectivity index (χ1v) is 12.7. The van der Waals surface area contributed by atoms with Crippen LogP contribution in [0.5, 0.6) is 5.88 Å². The molecule has 0 amide bonds. The number of rotatable bonds is 6. The molecule has 1 aromatic heterocycles. The average molecular weight is 516 g/mol. The maximum Gasteiger partial charge on any atom is 0.411 e. The Balaban J connectivity index is 1.53. The summed E-state index contributed by atoms with van der Waals surface area (Å²) in [6, 6.07) is 11.8. The lowest BCUT2D eigenvalue weighted by atomic mass is 9.89. The summed E-state index contributed by atoms with van der Waals surface area (Å²) >= 11 is 6.65. The lowest BCUT2D eigenvalue weighted by Crippen LogP contribution is -2.20. The number of nitrogens with zero attached hydrogens (tertiary/aromatic N) is 1. The van der Waals surface area contributed by atoms with E-state index < -0.39 is 18.9 Å². The van der Waals surface area contributed by atoms with Gasteiger partial charge in [-0.15, -0.1) is 0 Å². The zero-order chi connectivity index (χ0) is 25.4. The molecule has 2 atom stereocenters. The van der Waals surface area contributed by atoms with Crippen LogP contribution in [-0.2, 0) is 11.2 Å². The molecule has 3 nitrogen and oxygen atoms in total. The van der Waals surface area contributed by atoms with Crippen molar-refractivity contribution in [1.82, 2.24) is 4.98 Å². The number of hydrogen-bond acceptors (Lipinski definition) is 3. The van der Waals surface area contributed by atoms with Gasteiger partial charge in [-0.2, -0.15) is 13.2 Å². The van der Waals surface area contributed by atoms with Crippen molar-refractivity contribution in [3.63, 3.8) is 0 Å². The number of hydrogen-bond donors (Lipinski definition) is 0. The molecule has 0 spiro atoms. The number of benzene rings is 2. The predicted molar refractivity (Wildman–Crippen MR) is 137 cm³/mol. The third-order valence-corrected chi connectivity index (χ3v) is 7.50. The summed E-state index contributed by atoms with van der Waals surface area (Å²) in [6.45, 7) is 0.753. The molecule has 2 aromatic carbocycles. The molecular formula is C29H29ClF3NO2. The highest BCUT2D eigenvalue weighted by atomic mass is 35.5. The second-order valence-corrected chi connectivity index (χ2v) is 10.2. The SMILES string of the molecule is COc1ccc(C2/C=C/c3cc(c4c(C(OCC(F)(F)F)C5CC5)ccc(Cl)c4c3)CCC2)c(C)n1. The molecule has 5 rings (SSSR count). The molecule has 0 aliphatic heterocycles. The molecule has 2 unspecified atom stereocenters. The Bertz CT molecular complexity index is 1300. The average Bonchev–Trinajstić information content (AvgIpc) is 3.66. The monoisotopic (exact) mass is 515 g/mol. The van der Waals surface area contributed by atoms with E-state index in [1.807, 2.05) is 25.1 Å². The molecule has 2 aliphatic rings. The number of alkyl halides is 3. The van der Waals surface area contributed by atoms with Crippen molar-refractivity contribution in [3.8, 4) is 5.88 Å². The molecule has 3 aromatic rings. The topological polar surface area (TPSA) is 31.4 Å². The van der Waals surface area contributed by atoms with Gasteiger partial charge in [-0.1, -0.05) is 42.0 Å². The van der Waals surface area contributed by atoms with Gasteiger partial charge in [0.2, 0.25) is 5.88 Å². The van der Waals surface area contributed by atoms with E-state index in [4.69, 9.17) is 21.1 Å². The number of halogens is 4. The van der Waals surface area contributed by atoms with E-state index in [1.165, 1.54) is 5.56 Å². The molecule has 0 radical (unpaired) electrons. The summed E-state index contributed by atoms with van der Waals surface area (Å²) in [5.41, 5.74) is 5.06. The molecule has 36 heavy (non-hydrogen) atoms. The van der Waals surface area contributed by atoms with Crippen LogP contribution < -0.4 is 4.74 Å². The number of methoxy groups -OCH3 is 1. The van der Waals surface area contributed by atoms with Crippen LogP contribution in [0.3, 0.4) is 0 Å². The first-order valence-electron chi connectivity index (χ1n) is 12.4. The van der Waals surface area contributed by atoms with Gasteiger partial charge in [0.1, 0.15) is 6.61 Å². The van der Waals surface area contributed by atoms with Gasteiger partial charge in [-0.05, 0) is 84.7 Å². The van der Waals surface area contributed by atoms with Crippen molar-refractivity contribution < 1.29 is 22.6 Å². The van der Waals surface area contributed by atoms with E-state index in [2.05, 4.69) is 29.3 Å². The first-order chi connectivity index (χ1) is 17.2. The van der Waals surface area contributed by atoms with E-state index in [1.54, 1.807) is 13.2 Å². The Labute approximate surface area is 214 Å². The van der Waals surface area contributed by atoms with Gasteiger partial charge in [-0.3, -0.25) is 0 Å². The normalized spacial score (nSPS) is 19.9. The van der Waals surface area contributed by atoms with Crippen LogP contribution in [0, 0.1) is 12.8 Å². The van der Waals surface area contributed by atoms with Crippen molar-refractivity contribution in [2.75, 3.05) is 13.7 Å². The maximum absolute atomic E-state index is 13.0. The summed E-state index contributed by atoms with van der Waals surface area (Å²) in [4.78, 5) is 4.55. The van der Waals surface area contributed by atoms with Crippen LogP contribution in [-0.4, -0.2) is 24.9 Å². The van der Waals surface area contributed by atoms with Gasteiger partial charge in [0.25, 0.3) is 0 Å². The third kappa shape index (κ3) is 5.40. The predicted octanol–water partition coefficient (Wildman–Crippen LogP) is 8.37. The van der Waals surface area contributed by atoms with Gasteiger partial charge < -0.3 is 9.47 Å². The van der Waals surface area contributed by atoms with Crippen molar-refractivity contribution in [2.45, 2.75) is 57.2 Å². The molecule has 190 valence electrons. The smallest absolute Gasteiger partial charge is 0.411 e. The first kappa shape index (κ1) is 25.1. The van der Waals surface area contributed by atoms with Crippen molar-refractivity contribution in [2.24, 2.45) is 5.92 Å². The van der Waals surface area contributed by atoms with E-state index in [9.17, 15) is 13.2 Å². The van der Waals surface area contributed by atoms with Gasteiger partial charge in [0, 0.05) is 28.1 Å². The van der Waals surface area contributed by atoms with Crippen LogP contribution >= 0.6 is 11.6 Å². The summed E-state index contributed by atoms with van der Waals surface area (Å²) in [6.07, 6.45) is 3.78. The standard InChI is InChI=1S/C29H29ClF3NO2/c1-17-22(11-13-26(34-17)35-2)19-4-3-5-21-14-18(6-7-19)15-24-25(30)12-10-23(27(21)24)28(20-8-9-20)36-16-29(31,32)33/h6-7,10-15,19-20,28H,3-5,8-9,16H2,1-2H3/b7-6+.